The van der Waals surface area contributed by atoms with Crippen molar-refractivity contribution in [3.8, 4) is 16.9 Å². The molecule has 3 nitrogen and oxygen atoms in total. The van der Waals surface area contributed by atoms with E-state index in [1.54, 1.807) is 30.6 Å². The van der Waals surface area contributed by atoms with Crippen molar-refractivity contribution in [3.63, 3.8) is 0 Å². The fourth-order valence-electron chi connectivity index (χ4n) is 6.10. The van der Waals surface area contributed by atoms with Gasteiger partial charge in [-0.15, -0.1) is 0 Å². The van der Waals surface area contributed by atoms with E-state index in [1.165, 1.54) is 21.9 Å². The molecular formula is C39H33Cl2F4N2ORuS2. The molecule has 267 valence electrons. The molecule has 0 spiro atoms. The van der Waals surface area contributed by atoms with Crippen molar-refractivity contribution < 1.29 is 40.1 Å². The molecular weight excluding hydrogens is 825 g/mol. The van der Waals surface area contributed by atoms with Crippen LogP contribution in [-0.2, 0) is 30.5 Å². The van der Waals surface area contributed by atoms with Crippen LogP contribution < -0.4 is 14.5 Å². The van der Waals surface area contributed by atoms with Gasteiger partial charge in [-0.3, -0.25) is 0 Å². The molecule has 5 aromatic rings. The average molecular weight is 858 g/mol. The number of hydrogen-bond acceptors (Lipinski definition) is 5. The normalized spacial score (nSPS) is 15.6. The summed E-state index contributed by atoms with van der Waals surface area (Å²) in [5.74, 6) is -3.00. The van der Waals surface area contributed by atoms with Crippen molar-refractivity contribution in [1.82, 2.24) is 0 Å². The fourth-order valence-corrected chi connectivity index (χ4v) is 8.54. The number of halogens is 6. The van der Waals surface area contributed by atoms with Crippen LogP contribution in [0.15, 0.2) is 107 Å². The van der Waals surface area contributed by atoms with Gasteiger partial charge in [0.2, 0.25) is 0 Å². The molecule has 0 aromatic heterocycles. The Balaban J connectivity index is 0.00000248. The van der Waals surface area contributed by atoms with Gasteiger partial charge in [0.05, 0.1) is 0 Å². The number of nitrogens with zero attached hydrogens (tertiary/aromatic N) is 2. The summed E-state index contributed by atoms with van der Waals surface area (Å²) in [6, 6.07) is 25.4. The summed E-state index contributed by atoms with van der Waals surface area (Å²) in [6.07, 6.45) is -1.25. The molecule has 0 unspecified atom stereocenters. The number of hydrogen-bond donors (Lipinski definition) is 0. The topological polar surface area (TPSA) is 15.7 Å². The first-order valence-corrected chi connectivity index (χ1v) is 19.0. The molecule has 1 aliphatic rings. The quantitative estimate of drug-likeness (QED) is 0.0481. The van der Waals surface area contributed by atoms with Crippen LogP contribution in [0.2, 0.25) is 10.0 Å². The molecule has 0 aliphatic carbocycles. The van der Waals surface area contributed by atoms with E-state index in [1.807, 2.05) is 62.4 Å². The molecule has 1 saturated heterocycles. The molecule has 1 heterocycles. The fraction of sp³-hybridized carbons (Fsp3) is 0.205. The monoisotopic (exact) mass is 857 g/mol. The van der Waals surface area contributed by atoms with Crippen molar-refractivity contribution in [1.29, 1.82) is 0 Å². The predicted octanol–water partition coefficient (Wildman–Crippen LogP) is 11.5. The zero-order valence-electron chi connectivity index (χ0n) is 27.9. The van der Waals surface area contributed by atoms with E-state index in [0.29, 0.717) is 21.8 Å². The Bertz CT molecular complexity index is 2000. The van der Waals surface area contributed by atoms with E-state index < -0.39 is 40.4 Å². The number of benzene rings is 5. The first-order valence-electron chi connectivity index (χ1n) is 16.0. The summed E-state index contributed by atoms with van der Waals surface area (Å²) < 4.78 is 72.0. The van der Waals surface area contributed by atoms with Gasteiger partial charge in [-0.05, 0) is 0 Å². The molecule has 0 amide bonds. The van der Waals surface area contributed by atoms with Gasteiger partial charge in [-0.1, -0.05) is 13.8 Å². The van der Waals surface area contributed by atoms with Gasteiger partial charge in [0.1, 0.15) is 0 Å². The van der Waals surface area contributed by atoms with E-state index in [0.717, 1.165) is 41.6 Å². The molecule has 1 aliphatic heterocycles. The minimum absolute atomic E-state index is 0.0443. The van der Waals surface area contributed by atoms with Gasteiger partial charge in [-0.2, -0.15) is 0 Å². The van der Waals surface area contributed by atoms with E-state index in [9.17, 15) is 0 Å². The zero-order valence-corrected chi connectivity index (χ0v) is 32.8. The Morgan fingerprint density at radius 2 is 1.35 bits per heavy atom. The molecule has 0 N–H and O–H groups in total. The summed E-state index contributed by atoms with van der Waals surface area (Å²) in [7, 11) is 0. The maximum absolute atomic E-state index is 15.9. The van der Waals surface area contributed by atoms with Gasteiger partial charge in [0, 0.05) is 0 Å². The summed E-state index contributed by atoms with van der Waals surface area (Å²) in [5.41, 5.74) is -0.811. The molecule has 51 heavy (non-hydrogen) atoms. The number of thioether (sulfide) groups is 1. The van der Waals surface area contributed by atoms with Crippen molar-refractivity contribution >= 4 is 63.6 Å². The van der Waals surface area contributed by atoms with Gasteiger partial charge in [-0.25, -0.2) is 0 Å². The Hall–Kier alpha value is -3.14. The molecule has 12 heteroatoms. The van der Waals surface area contributed by atoms with E-state index in [4.69, 9.17) is 40.6 Å². The van der Waals surface area contributed by atoms with Gasteiger partial charge < -0.3 is 0 Å². The SMILES string of the molecule is CC.CC1(C)CN(c2c(F)cccc2F)[C@H]([C@H](Oc2c([CH]=[Ru+])cccc2-c2ccccc2)Sc2c(Cl)ccc(Cl)c2[S-])N1c1c(F)cccc1F. The average Bonchev–Trinajstić information content (AvgIpc) is 3.38. The standard InChI is InChI=1S/C37H28Cl2F4N2OS2.C2H6.Ru/c1-21-10-7-13-23(22-11-5-4-6-12-22)32(21)46-36(48-34-25(39)19-18-24(38)33(34)47)35-44(30-26(40)14-8-15-27(30)41)20-37(2,3)45(35)31-28(42)16-9-17-29(31)43;1-2;/h1,4-19,35-36,47H,20H2,2-3H3;1-2H3;/q;;+1/p-1/t35-,36+;;/m0../s1. The van der Waals surface area contributed by atoms with Crippen LogP contribution in [-0.4, -0.2) is 28.3 Å². The second-order valence-electron chi connectivity index (χ2n) is 11.8. The Morgan fingerprint density at radius 3 is 1.94 bits per heavy atom. The molecule has 0 saturated carbocycles. The molecule has 2 atom stereocenters. The third-order valence-corrected chi connectivity index (χ3v) is 11.3. The van der Waals surface area contributed by atoms with Crippen LogP contribution in [0.1, 0.15) is 33.3 Å². The summed E-state index contributed by atoms with van der Waals surface area (Å²) in [4.78, 5) is 3.52. The minimum atomic E-state index is -1.25. The van der Waals surface area contributed by atoms with Crippen molar-refractivity contribution in [2.24, 2.45) is 0 Å². The second-order valence-corrected chi connectivity index (χ2v) is 14.7. The van der Waals surface area contributed by atoms with E-state index in [2.05, 4.69) is 17.9 Å². The van der Waals surface area contributed by atoms with Crippen LogP contribution >= 0.6 is 35.0 Å². The van der Waals surface area contributed by atoms with Crippen LogP contribution in [0.3, 0.4) is 0 Å². The van der Waals surface area contributed by atoms with Gasteiger partial charge in [0.15, 0.2) is 0 Å². The maximum atomic E-state index is 15.9. The molecule has 6 rings (SSSR count). The van der Waals surface area contributed by atoms with Crippen LogP contribution in [0.25, 0.3) is 11.1 Å². The summed E-state index contributed by atoms with van der Waals surface area (Å²) in [5, 5.41) is 0.512. The van der Waals surface area contributed by atoms with E-state index >= 15 is 17.6 Å². The third kappa shape index (κ3) is 7.96. The molecule has 5 aromatic carbocycles. The number of ether oxygens (including phenoxy) is 1. The van der Waals surface area contributed by atoms with Crippen molar-refractivity contribution in [3.05, 3.63) is 136 Å². The Kier molecular flexibility index (Phi) is 12.8. The molecule has 1 fully saturated rings. The molecule has 0 bridgehead atoms. The van der Waals surface area contributed by atoms with E-state index in [-0.39, 0.29) is 32.9 Å². The summed E-state index contributed by atoms with van der Waals surface area (Å²) >= 11 is 22.4. The van der Waals surface area contributed by atoms with Crippen LogP contribution in [0, 0.1) is 23.3 Å². The van der Waals surface area contributed by atoms with Gasteiger partial charge in [0.25, 0.3) is 0 Å². The number of rotatable bonds is 9. The van der Waals surface area contributed by atoms with Gasteiger partial charge >= 0.3 is 314 Å². The summed E-state index contributed by atoms with van der Waals surface area (Å²) in [6.45, 7) is 7.45. The van der Waals surface area contributed by atoms with Crippen LogP contribution in [0.4, 0.5) is 28.9 Å². The van der Waals surface area contributed by atoms with Crippen molar-refractivity contribution in [2.75, 3.05) is 16.3 Å². The Labute approximate surface area is 325 Å². The third-order valence-electron chi connectivity index (χ3n) is 8.16. The Morgan fingerprint density at radius 1 is 0.804 bits per heavy atom. The second kappa shape index (κ2) is 16.7. The van der Waals surface area contributed by atoms with Crippen molar-refractivity contribution in [2.45, 2.75) is 54.6 Å². The van der Waals surface area contributed by atoms with Crippen LogP contribution in [0.5, 0.6) is 5.75 Å². The predicted molar refractivity (Wildman–Crippen MR) is 201 cm³/mol. The number of para-hydroxylation sites is 3. The molecule has 0 radical (unpaired) electrons. The first kappa shape index (κ1) is 39.1. The first-order chi connectivity index (χ1) is 24.4. The zero-order chi connectivity index (χ0) is 37.0. The number of anilines is 2.